The van der Waals surface area contributed by atoms with Crippen LogP contribution in [0.2, 0.25) is 0 Å². The minimum atomic E-state index is -0.143. The highest BCUT2D eigenvalue weighted by atomic mass is 32.2. The van der Waals surface area contributed by atoms with E-state index < -0.39 is 0 Å². The lowest BCUT2D eigenvalue weighted by molar-refractivity contribution is -0.120. The first kappa shape index (κ1) is 15.6. The highest BCUT2D eigenvalue weighted by Crippen LogP contribution is 2.20. The van der Waals surface area contributed by atoms with Crippen molar-refractivity contribution in [3.63, 3.8) is 0 Å². The lowest BCUT2D eigenvalue weighted by Gasteiger charge is -2.11. The van der Waals surface area contributed by atoms with Crippen LogP contribution in [0, 0.1) is 6.92 Å². The quantitative estimate of drug-likeness (QED) is 0.833. The van der Waals surface area contributed by atoms with E-state index in [0.29, 0.717) is 6.54 Å². The summed E-state index contributed by atoms with van der Waals surface area (Å²) < 4.78 is 0. The molecule has 0 radical (unpaired) electrons. The molecule has 2 aromatic rings. The second-order valence-corrected chi connectivity index (χ2v) is 6.32. The average molecular weight is 300 g/mol. The zero-order chi connectivity index (χ0) is 15.1. The average Bonchev–Trinajstić information content (AvgIpc) is 2.50. The van der Waals surface area contributed by atoms with E-state index in [1.165, 1.54) is 17.3 Å². The number of aryl methyl sites for hydroxylation is 1. The molecule has 0 saturated heterocycles. The highest BCUT2D eigenvalue weighted by molar-refractivity contribution is 8.00. The second kappa shape index (κ2) is 7.84. The minimum Gasteiger partial charge on any atom is -0.355 e. The lowest BCUT2D eigenvalue weighted by Crippen LogP contribution is -2.32. The third kappa shape index (κ3) is 5.23. The van der Waals surface area contributed by atoms with Crippen molar-refractivity contribution < 1.29 is 4.79 Å². The Labute approximate surface area is 130 Å². The number of pyridine rings is 1. The van der Waals surface area contributed by atoms with E-state index in [2.05, 4.69) is 22.4 Å². The van der Waals surface area contributed by atoms with E-state index in [1.54, 1.807) is 0 Å². The molecule has 1 heterocycles. The summed E-state index contributed by atoms with van der Waals surface area (Å²) in [6.07, 6.45) is 2.68. The summed E-state index contributed by atoms with van der Waals surface area (Å²) in [5.74, 6) is 0.0540. The van der Waals surface area contributed by atoms with Crippen molar-refractivity contribution in [2.24, 2.45) is 0 Å². The fraction of sp³-hybridized carbons (Fsp3) is 0.294. The summed E-state index contributed by atoms with van der Waals surface area (Å²) in [7, 11) is 0. The molecule has 1 unspecified atom stereocenters. The third-order valence-electron chi connectivity index (χ3n) is 3.11. The molecule has 0 aliphatic carbocycles. The largest absolute Gasteiger partial charge is 0.355 e. The van der Waals surface area contributed by atoms with E-state index in [1.807, 2.05) is 50.4 Å². The molecular formula is C17H20N2OS. The second-order valence-electron chi connectivity index (χ2n) is 4.96. The van der Waals surface area contributed by atoms with Gasteiger partial charge in [-0.3, -0.25) is 4.79 Å². The summed E-state index contributed by atoms with van der Waals surface area (Å²) >= 11 is 1.48. The maximum Gasteiger partial charge on any atom is 0.233 e. The van der Waals surface area contributed by atoms with E-state index >= 15 is 0 Å². The van der Waals surface area contributed by atoms with E-state index in [9.17, 15) is 4.79 Å². The normalized spacial score (nSPS) is 11.9. The number of rotatable bonds is 6. The molecular weight excluding hydrogens is 280 g/mol. The van der Waals surface area contributed by atoms with E-state index in [-0.39, 0.29) is 11.2 Å². The van der Waals surface area contributed by atoms with Gasteiger partial charge in [0.1, 0.15) is 0 Å². The lowest BCUT2D eigenvalue weighted by atomic mass is 10.1. The van der Waals surface area contributed by atoms with Crippen molar-refractivity contribution >= 4 is 17.7 Å². The van der Waals surface area contributed by atoms with Gasteiger partial charge in [-0.15, -0.1) is 0 Å². The van der Waals surface area contributed by atoms with Crippen molar-refractivity contribution in [1.29, 1.82) is 0 Å². The van der Waals surface area contributed by atoms with Crippen LogP contribution in [0.3, 0.4) is 0 Å². The summed E-state index contributed by atoms with van der Waals surface area (Å²) in [5, 5.41) is 3.71. The molecule has 0 aliphatic rings. The van der Waals surface area contributed by atoms with Crippen molar-refractivity contribution in [1.82, 2.24) is 10.3 Å². The highest BCUT2D eigenvalue weighted by Gasteiger charge is 2.14. The summed E-state index contributed by atoms with van der Waals surface area (Å²) in [6, 6.07) is 14.1. The maximum absolute atomic E-state index is 12.0. The Morgan fingerprint density at radius 1 is 1.24 bits per heavy atom. The van der Waals surface area contributed by atoms with Gasteiger partial charge < -0.3 is 5.32 Å². The smallest absolute Gasteiger partial charge is 0.233 e. The Hall–Kier alpha value is -1.81. The maximum atomic E-state index is 12.0. The number of aromatic nitrogens is 1. The minimum absolute atomic E-state index is 0.0540. The number of carbonyl (C=O) groups excluding carboxylic acids is 1. The molecule has 0 saturated carbocycles. The first-order chi connectivity index (χ1) is 10.1. The predicted octanol–water partition coefficient (Wildman–Crippen LogP) is 3.23. The molecule has 110 valence electrons. The Balaban J connectivity index is 1.76. The van der Waals surface area contributed by atoms with Crippen LogP contribution in [-0.4, -0.2) is 22.7 Å². The molecule has 3 nitrogen and oxygen atoms in total. The molecule has 0 fully saturated rings. The van der Waals surface area contributed by atoms with Gasteiger partial charge in [-0.2, -0.15) is 0 Å². The molecule has 1 amide bonds. The van der Waals surface area contributed by atoms with Gasteiger partial charge in [0.05, 0.1) is 10.3 Å². The molecule has 1 aromatic carbocycles. The van der Waals surface area contributed by atoms with E-state index in [4.69, 9.17) is 0 Å². The SMILES string of the molecule is Cc1ccc(SC(C)C(=O)NCCc2ccccc2)nc1. The van der Waals surface area contributed by atoms with Gasteiger partial charge in [0.2, 0.25) is 5.91 Å². The van der Waals surface area contributed by atoms with Gasteiger partial charge in [-0.05, 0) is 37.5 Å². The number of amides is 1. The number of carbonyl (C=O) groups is 1. The number of thioether (sulfide) groups is 1. The van der Waals surface area contributed by atoms with Crippen molar-refractivity contribution in [2.75, 3.05) is 6.54 Å². The van der Waals surface area contributed by atoms with Gasteiger partial charge in [-0.1, -0.05) is 48.2 Å². The fourth-order valence-corrected chi connectivity index (χ4v) is 2.69. The number of hydrogen-bond acceptors (Lipinski definition) is 3. The number of benzene rings is 1. The summed E-state index contributed by atoms with van der Waals surface area (Å²) in [4.78, 5) is 16.4. The zero-order valence-electron chi connectivity index (χ0n) is 12.4. The molecule has 1 N–H and O–H groups in total. The number of hydrogen-bond donors (Lipinski definition) is 1. The predicted molar refractivity (Wildman–Crippen MR) is 87.4 cm³/mol. The molecule has 0 aliphatic heterocycles. The molecule has 1 atom stereocenters. The zero-order valence-corrected chi connectivity index (χ0v) is 13.2. The van der Waals surface area contributed by atoms with Crippen molar-refractivity contribution in [3.8, 4) is 0 Å². The fourth-order valence-electron chi connectivity index (χ4n) is 1.88. The van der Waals surface area contributed by atoms with Gasteiger partial charge in [0, 0.05) is 12.7 Å². The van der Waals surface area contributed by atoms with Crippen LogP contribution in [0.5, 0.6) is 0 Å². The Kier molecular flexibility index (Phi) is 5.81. The third-order valence-corrected chi connectivity index (χ3v) is 4.16. The van der Waals surface area contributed by atoms with Crippen molar-refractivity contribution in [3.05, 3.63) is 59.8 Å². The van der Waals surface area contributed by atoms with Crippen LogP contribution in [0.4, 0.5) is 0 Å². The van der Waals surface area contributed by atoms with Crippen LogP contribution in [-0.2, 0) is 11.2 Å². The number of nitrogens with zero attached hydrogens (tertiary/aromatic N) is 1. The van der Waals surface area contributed by atoms with Gasteiger partial charge >= 0.3 is 0 Å². The molecule has 4 heteroatoms. The van der Waals surface area contributed by atoms with Crippen LogP contribution in [0.1, 0.15) is 18.1 Å². The van der Waals surface area contributed by atoms with Crippen molar-refractivity contribution in [2.45, 2.75) is 30.5 Å². The van der Waals surface area contributed by atoms with Gasteiger partial charge in [-0.25, -0.2) is 4.98 Å². The standard InChI is InChI=1S/C17H20N2OS/c1-13-8-9-16(19-12-13)21-14(2)17(20)18-11-10-15-6-4-3-5-7-15/h3-9,12,14H,10-11H2,1-2H3,(H,18,20). The number of nitrogens with one attached hydrogen (secondary N) is 1. The Morgan fingerprint density at radius 2 is 2.00 bits per heavy atom. The summed E-state index contributed by atoms with van der Waals surface area (Å²) in [5.41, 5.74) is 2.36. The first-order valence-corrected chi connectivity index (χ1v) is 7.94. The Morgan fingerprint density at radius 3 is 2.67 bits per heavy atom. The molecule has 21 heavy (non-hydrogen) atoms. The van der Waals surface area contributed by atoms with Crippen LogP contribution >= 0.6 is 11.8 Å². The molecule has 1 aromatic heterocycles. The van der Waals surface area contributed by atoms with Gasteiger partial charge in [0.25, 0.3) is 0 Å². The topological polar surface area (TPSA) is 42.0 Å². The van der Waals surface area contributed by atoms with Crippen LogP contribution in [0.25, 0.3) is 0 Å². The van der Waals surface area contributed by atoms with Crippen LogP contribution < -0.4 is 5.32 Å². The summed E-state index contributed by atoms with van der Waals surface area (Å²) in [6.45, 7) is 4.57. The first-order valence-electron chi connectivity index (χ1n) is 7.06. The monoisotopic (exact) mass is 300 g/mol. The molecule has 0 spiro atoms. The molecule has 0 bridgehead atoms. The van der Waals surface area contributed by atoms with Gasteiger partial charge in [0.15, 0.2) is 0 Å². The van der Waals surface area contributed by atoms with E-state index in [0.717, 1.165) is 17.0 Å². The Bertz CT molecular complexity index is 569. The van der Waals surface area contributed by atoms with Crippen LogP contribution in [0.15, 0.2) is 53.7 Å². The molecule has 2 rings (SSSR count).